The summed E-state index contributed by atoms with van der Waals surface area (Å²) in [5.74, 6) is -1.13. The minimum absolute atomic E-state index is 0.383. The average molecular weight is 359 g/mol. The summed E-state index contributed by atoms with van der Waals surface area (Å²) in [6.45, 7) is 4.33. The molecular weight excluding hydrogens is 342 g/mol. The molecule has 0 bridgehead atoms. The van der Waals surface area contributed by atoms with Crippen molar-refractivity contribution in [2.45, 2.75) is 26.3 Å². The van der Waals surface area contributed by atoms with Crippen LogP contribution >= 0.6 is 15.9 Å². The summed E-state index contributed by atoms with van der Waals surface area (Å²) in [6, 6.07) is 2.00. The van der Waals surface area contributed by atoms with E-state index >= 15 is 0 Å². The van der Waals surface area contributed by atoms with E-state index in [0.717, 1.165) is 12.5 Å². The molecule has 1 aromatic heterocycles. The zero-order chi connectivity index (χ0) is 15.6. The molecule has 2 rings (SSSR count). The third-order valence-corrected chi connectivity index (χ3v) is 3.85. The van der Waals surface area contributed by atoms with Gasteiger partial charge in [-0.15, -0.1) is 5.10 Å². The van der Waals surface area contributed by atoms with Crippen molar-refractivity contribution in [2.24, 2.45) is 7.05 Å². The molecule has 2 aromatic rings. The van der Waals surface area contributed by atoms with Crippen LogP contribution in [-0.4, -0.2) is 21.5 Å². The van der Waals surface area contributed by atoms with Gasteiger partial charge in [-0.25, -0.2) is 13.5 Å². The van der Waals surface area contributed by atoms with E-state index in [0.29, 0.717) is 28.0 Å². The van der Waals surface area contributed by atoms with Crippen LogP contribution in [0.15, 0.2) is 16.7 Å². The van der Waals surface area contributed by atoms with Crippen LogP contribution in [0.25, 0.3) is 0 Å². The summed E-state index contributed by atoms with van der Waals surface area (Å²) in [7, 11) is 1.74. The lowest BCUT2D eigenvalue weighted by Crippen LogP contribution is -2.26. The van der Waals surface area contributed by atoms with E-state index in [-0.39, 0.29) is 0 Å². The lowest BCUT2D eigenvalue weighted by atomic mass is 10.0. The number of nitrogens with one attached hydrogen (secondary N) is 1. The van der Waals surface area contributed by atoms with E-state index in [9.17, 15) is 8.78 Å². The van der Waals surface area contributed by atoms with Crippen LogP contribution in [0.3, 0.4) is 0 Å². The first-order valence-electron chi connectivity index (χ1n) is 6.69. The minimum atomic E-state index is -0.584. The van der Waals surface area contributed by atoms with Gasteiger partial charge >= 0.3 is 0 Å². The molecule has 0 radical (unpaired) electrons. The Hall–Kier alpha value is -1.34. The number of aromatic nitrogens is 3. The smallest absolute Gasteiger partial charge is 0.153 e. The van der Waals surface area contributed by atoms with Crippen molar-refractivity contribution in [1.82, 2.24) is 20.3 Å². The number of halogens is 3. The molecule has 0 aliphatic carbocycles. The second kappa shape index (κ2) is 6.62. The Balaban J connectivity index is 2.53. The van der Waals surface area contributed by atoms with Crippen LogP contribution in [0.5, 0.6) is 0 Å². The zero-order valence-corrected chi connectivity index (χ0v) is 13.7. The van der Waals surface area contributed by atoms with Crippen molar-refractivity contribution < 1.29 is 8.78 Å². The molecule has 0 aliphatic rings. The molecule has 114 valence electrons. The topological polar surface area (TPSA) is 42.7 Å². The average Bonchev–Trinajstić information content (AvgIpc) is 2.76. The van der Waals surface area contributed by atoms with E-state index in [1.165, 1.54) is 6.07 Å². The van der Waals surface area contributed by atoms with Gasteiger partial charge in [-0.3, -0.25) is 0 Å². The van der Waals surface area contributed by atoms with Gasteiger partial charge in [0.1, 0.15) is 11.6 Å². The van der Waals surface area contributed by atoms with Gasteiger partial charge in [-0.05, 0) is 47.4 Å². The van der Waals surface area contributed by atoms with Gasteiger partial charge in [-0.1, -0.05) is 12.1 Å². The first-order chi connectivity index (χ1) is 9.95. The normalized spacial score (nSPS) is 12.7. The van der Waals surface area contributed by atoms with Crippen molar-refractivity contribution in [2.75, 3.05) is 6.54 Å². The van der Waals surface area contributed by atoms with Gasteiger partial charge < -0.3 is 5.32 Å². The number of benzene rings is 1. The van der Waals surface area contributed by atoms with Crippen LogP contribution in [0.1, 0.15) is 36.2 Å². The lowest BCUT2D eigenvalue weighted by Gasteiger charge is -2.20. The standard InChI is InChI=1S/C14H17BrF2N4/c1-4-5-18-12(13-14(15)19-20-21(13)3)9-6-8(2)10(16)7-11(9)17/h6-7,12,18H,4-5H2,1-3H3. The van der Waals surface area contributed by atoms with Crippen LogP contribution in [-0.2, 0) is 7.05 Å². The van der Waals surface area contributed by atoms with Crippen LogP contribution in [0.2, 0.25) is 0 Å². The highest BCUT2D eigenvalue weighted by molar-refractivity contribution is 9.10. The Kier molecular flexibility index (Phi) is 5.05. The fourth-order valence-corrected chi connectivity index (χ4v) is 2.75. The SMILES string of the molecule is CCCNC(c1cc(C)c(F)cc1F)c1c(Br)nnn1C. The molecule has 1 aromatic carbocycles. The molecular formula is C14H17BrF2N4. The van der Waals surface area contributed by atoms with Gasteiger partial charge in [0.05, 0.1) is 11.7 Å². The van der Waals surface area contributed by atoms with Gasteiger partial charge in [0, 0.05) is 18.7 Å². The largest absolute Gasteiger partial charge is 0.305 e. The van der Waals surface area contributed by atoms with Gasteiger partial charge in [0.15, 0.2) is 4.60 Å². The molecule has 21 heavy (non-hydrogen) atoms. The molecule has 7 heteroatoms. The second-order valence-corrected chi connectivity index (χ2v) is 5.65. The van der Waals surface area contributed by atoms with Crippen LogP contribution in [0, 0.1) is 18.6 Å². The zero-order valence-electron chi connectivity index (χ0n) is 12.1. The van der Waals surface area contributed by atoms with E-state index < -0.39 is 17.7 Å². The maximum absolute atomic E-state index is 14.2. The van der Waals surface area contributed by atoms with Gasteiger partial charge in [-0.2, -0.15) is 0 Å². The molecule has 0 spiro atoms. The Bertz CT molecular complexity index is 623. The molecule has 0 saturated heterocycles. The quantitative estimate of drug-likeness (QED) is 0.891. The summed E-state index contributed by atoms with van der Waals surface area (Å²) < 4.78 is 29.8. The predicted molar refractivity (Wildman–Crippen MR) is 79.9 cm³/mol. The maximum Gasteiger partial charge on any atom is 0.153 e. The van der Waals surface area contributed by atoms with Gasteiger partial charge in [0.25, 0.3) is 0 Å². The monoisotopic (exact) mass is 358 g/mol. The molecule has 4 nitrogen and oxygen atoms in total. The van der Waals surface area contributed by atoms with Crippen molar-refractivity contribution in [3.05, 3.63) is 45.2 Å². The fraction of sp³-hybridized carbons (Fsp3) is 0.429. The lowest BCUT2D eigenvalue weighted by molar-refractivity contribution is 0.508. The highest BCUT2D eigenvalue weighted by atomic mass is 79.9. The Morgan fingerprint density at radius 3 is 2.62 bits per heavy atom. The first kappa shape index (κ1) is 16.0. The number of rotatable bonds is 5. The molecule has 1 unspecified atom stereocenters. The highest BCUT2D eigenvalue weighted by Crippen LogP contribution is 2.29. The summed E-state index contributed by atoms with van der Waals surface area (Å²) in [5.41, 5.74) is 1.49. The van der Waals surface area contributed by atoms with E-state index in [2.05, 4.69) is 31.6 Å². The first-order valence-corrected chi connectivity index (χ1v) is 7.49. The summed E-state index contributed by atoms with van der Waals surface area (Å²) >= 11 is 3.33. The Morgan fingerprint density at radius 1 is 1.33 bits per heavy atom. The van der Waals surface area contributed by atoms with Crippen molar-refractivity contribution in [3.8, 4) is 0 Å². The number of aryl methyl sites for hydroxylation is 2. The van der Waals surface area contributed by atoms with Gasteiger partial charge in [0.2, 0.25) is 0 Å². The fourth-order valence-electron chi connectivity index (χ4n) is 2.19. The van der Waals surface area contributed by atoms with Crippen LogP contribution in [0.4, 0.5) is 8.78 Å². The summed E-state index contributed by atoms with van der Waals surface area (Å²) in [5, 5.41) is 11.1. The summed E-state index contributed by atoms with van der Waals surface area (Å²) in [4.78, 5) is 0. The molecule has 0 amide bonds. The molecule has 0 fully saturated rings. The Morgan fingerprint density at radius 2 is 2.05 bits per heavy atom. The maximum atomic E-state index is 14.2. The summed E-state index contributed by atoms with van der Waals surface area (Å²) in [6.07, 6.45) is 0.890. The number of hydrogen-bond acceptors (Lipinski definition) is 3. The van der Waals surface area contributed by atoms with Crippen molar-refractivity contribution in [3.63, 3.8) is 0 Å². The highest BCUT2D eigenvalue weighted by Gasteiger charge is 2.25. The molecule has 0 aliphatic heterocycles. The van der Waals surface area contributed by atoms with E-state index in [4.69, 9.17) is 0 Å². The third kappa shape index (κ3) is 3.29. The number of hydrogen-bond donors (Lipinski definition) is 1. The molecule has 0 saturated carbocycles. The third-order valence-electron chi connectivity index (χ3n) is 3.29. The van der Waals surface area contributed by atoms with E-state index in [1.807, 2.05) is 6.92 Å². The number of nitrogens with zero attached hydrogens (tertiary/aromatic N) is 3. The molecule has 1 N–H and O–H groups in total. The van der Waals surface area contributed by atoms with Crippen molar-refractivity contribution >= 4 is 15.9 Å². The van der Waals surface area contributed by atoms with Crippen molar-refractivity contribution in [1.29, 1.82) is 0 Å². The molecule has 1 atom stereocenters. The van der Waals surface area contributed by atoms with E-state index in [1.54, 1.807) is 18.7 Å². The minimum Gasteiger partial charge on any atom is -0.305 e. The Labute approximate surface area is 130 Å². The molecule has 1 heterocycles. The predicted octanol–water partition coefficient (Wildman–Crippen LogP) is 3.25. The van der Waals surface area contributed by atoms with Crippen LogP contribution < -0.4 is 5.32 Å². The second-order valence-electron chi connectivity index (χ2n) is 4.90.